The number of nitro groups is 1. The van der Waals surface area contributed by atoms with E-state index in [1.54, 1.807) is 0 Å². The Morgan fingerprint density at radius 3 is 2.75 bits per heavy atom. The fourth-order valence-electron chi connectivity index (χ4n) is 2.57. The minimum absolute atomic E-state index is 0.105. The molecule has 1 heterocycles. The van der Waals surface area contributed by atoms with Crippen LogP contribution in [0.15, 0.2) is 18.2 Å². The number of esters is 1. The summed E-state index contributed by atoms with van der Waals surface area (Å²) in [7, 11) is 0. The Morgan fingerprint density at radius 2 is 2.17 bits per heavy atom. The largest absolute Gasteiger partial charge is 0.463 e. The summed E-state index contributed by atoms with van der Waals surface area (Å²) in [6.07, 6.45) is -0.194. The molecule has 0 amide bonds. The van der Waals surface area contributed by atoms with Crippen molar-refractivity contribution < 1.29 is 23.9 Å². The topological polar surface area (TPSA) is 87.9 Å². The minimum atomic E-state index is -0.560. The molecule has 1 fully saturated rings. The Labute approximate surface area is 145 Å². The molecule has 7 nitrogen and oxygen atoms in total. The number of hydrogen-bond donors (Lipinski definition) is 0. The highest BCUT2D eigenvalue weighted by molar-refractivity contribution is 6.32. The molecule has 1 aliphatic heterocycles. The summed E-state index contributed by atoms with van der Waals surface area (Å²) < 4.78 is 16.7. The molecule has 8 heteroatoms. The number of carbonyl (C=O) groups is 1. The first-order valence-electron chi connectivity index (χ1n) is 7.67. The molecule has 1 unspecified atom stereocenters. The average molecular weight is 358 g/mol. The van der Waals surface area contributed by atoms with Crippen LogP contribution in [-0.2, 0) is 14.3 Å². The van der Waals surface area contributed by atoms with Crippen molar-refractivity contribution >= 4 is 23.3 Å². The maximum Gasteiger partial charge on any atom is 0.302 e. The summed E-state index contributed by atoms with van der Waals surface area (Å²) >= 11 is 6.04. The Hall–Kier alpha value is -1.86. The number of non-ortho nitro benzene ring substituents is 1. The number of benzene rings is 1. The molecule has 0 saturated carbocycles. The summed E-state index contributed by atoms with van der Waals surface area (Å²) in [5.74, 6) is 0.456. The second kappa shape index (κ2) is 7.81. The van der Waals surface area contributed by atoms with E-state index in [-0.39, 0.29) is 35.3 Å². The van der Waals surface area contributed by atoms with Crippen molar-refractivity contribution in [3.8, 4) is 5.75 Å². The van der Waals surface area contributed by atoms with E-state index in [0.29, 0.717) is 18.1 Å². The van der Waals surface area contributed by atoms with E-state index in [0.717, 1.165) is 0 Å². The van der Waals surface area contributed by atoms with E-state index >= 15 is 0 Å². The molecule has 1 aromatic rings. The lowest BCUT2D eigenvalue weighted by Crippen LogP contribution is -2.43. The first-order valence-corrected chi connectivity index (χ1v) is 8.05. The molecule has 0 N–H and O–H groups in total. The lowest BCUT2D eigenvalue weighted by atomic mass is 9.86. The third kappa shape index (κ3) is 4.58. The zero-order chi connectivity index (χ0) is 17.9. The molecule has 1 saturated heterocycles. The number of hydrogen-bond acceptors (Lipinski definition) is 6. The van der Waals surface area contributed by atoms with Crippen molar-refractivity contribution in [1.29, 1.82) is 0 Å². The number of nitrogens with zero attached hydrogens (tertiary/aromatic N) is 1. The molecule has 0 spiro atoms. The van der Waals surface area contributed by atoms with Crippen LogP contribution in [0.2, 0.25) is 5.02 Å². The highest BCUT2D eigenvalue weighted by atomic mass is 35.5. The standard InChI is InChI=1S/C16H20ClNO6/c1-9-6-16(24-15(10(9)2)8-22-11(3)19)23-14-5-4-12(18(20)21)7-13(14)17/h4-5,7,9-10,15-16H,6,8H2,1-3H3/t9-,10+,15?,16-/m1/s1. The van der Waals surface area contributed by atoms with Crippen LogP contribution in [-0.4, -0.2) is 29.9 Å². The van der Waals surface area contributed by atoms with Gasteiger partial charge in [-0.15, -0.1) is 0 Å². The number of carbonyl (C=O) groups excluding carboxylic acids is 1. The summed E-state index contributed by atoms with van der Waals surface area (Å²) in [6, 6.07) is 4.02. The van der Waals surface area contributed by atoms with Gasteiger partial charge in [0.1, 0.15) is 12.4 Å². The predicted octanol–water partition coefficient (Wildman–Crippen LogP) is 3.58. The van der Waals surface area contributed by atoms with Crippen molar-refractivity contribution in [3.63, 3.8) is 0 Å². The van der Waals surface area contributed by atoms with Crippen molar-refractivity contribution in [1.82, 2.24) is 0 Å². The van der Waals surface area contributed by atoms with Gasteiger partial charge in [0, 0.05) is 25.5 Å². The zero-order valence-corrected chi connectivity index (χ0v) is 14.5. The van der Waals surface area contributed by atoms with Gasteiger partial charge in [0.2, 0.25) is 6.29 Å². The number of halogens is 1. The maximum absolute atomic E-state index is 11.0. The molecule has 0 aromatic heterocycles. The first kappa shape index (κ1) is 18.5. The van der Waals surface area contributed by atoms with Gasteiger partial charge in [0.05, 0.1) is 16.0 Å². The average Bonchev–Trinajstić information content (AvgIpc) is 2.51. The Morgan fingerprint density at radius 1 is 1.46 bits per heavy atom. The van der Waals surface area contributed by atoms with Crippen molar-refractivity contribution in [2.75, 3.05) is 6.61 Å². The molecule has 132 valence electrons. The van der Waals surface area contributed by atoms with Gasteiger partial charge in [-0.25, -0.2) is 0 Å². The van der Waals surface area contributed by atoms with Gasteiger partial charge in [0.25, 0.3) is 5.69 Å². The summed E-state index contributed by atoms with van der Waals surface area (Å²) in [6.45, 7) is 5.62. The smallest absolute Gasteiger partial charge is 0.302 e. The maximum atomic E-state index is 11.0. The second-order valence-corrected chi connectivity index (χ2v) is 6.38. The quantitative estimate of drug-likeness (QED) is 0.454. The van der Waals surface area contributed by atoms with Gasteiger partial charge < -0.3 is 14.2 Å². The van der Waals surface area contributed by atoms with Crippen LogP contribution in [0.4, 0.5) is 5.69 Å². The van der Waals surface area contributed by atoms with Crippen LogP contribution in [0.1, 0.15) is 27.2 Å². The van der Waals surface area contributed by atoms with Crippen molar-refractivity contribution in [2.24, 2.45) is 11.8 Å². The fourth-order valence-corrected chi connectivity index (χ4v) is 2.79. The molecule has 0 aliphatic carbocycles. The van der Waals surface area contributed by atoms with Gasteiger partial charge in [0.15, 0.2) is 0 Å². The monoisotopic (exact) mass is 357 g/mol. The van der Waals surface area contributed by atoms with Crippen LogP contribution in [0.5, 0.6) is 5.75 Å². The van der Waals surface area contributed by atoms with Gasteiger partial charge >= 0.3 is 5.97 Å². The van der Waals surface area contributed by atoms with E-state index in [4.69, 9.17) is 25.8 Å². The molecular weight excluding hydrogens is 338 g/mol. The van der Waals surface area contributed by atoms with E-state index < -0.39 is 11.2 Å². The van der Waals surface area contributed by atoms with Crippen LogP contribution in [0.3, 0.4) is 0 Å². The highest BCUT2D eigenvalue weighted by Crippen LogP contribution is 2.35. The summed E-state index contributed by atoms with van der Waals surface area (Å²) in [4.78, 5) is 21.2. The molecule has 0 radical (unpaired) electrons. The third-order valence-electron chi connectivity index (χ3n) is 4.21. The van der Waals surface area contributed by atoms with E-state index in [9.17, 15) is 14.9 Å². The molecular formula is C16H20ClNO6. The summed E-state index contributed by atoms with van der Waals surface area (Å²) in [5.41, 5.74) is -0.105. The normalized spacial score (nSPS) is 26.7. The van der Waals surface area contributed by atoms with Gasteiger partial charge in [-0.3, -0.25) is 14.9 Å². The van der Waals surface area contributed by atoms with E-state index in [1.807, 2.05) is 6.92 Å². The first-order chi connectivity index (χ1) is 11.3. The Bertz CT molecular complexity index is 623. The van der Waals surface area contributed by atoms with Gasteiger partial charge in [-0.05, 0) is 17.9 Å². The van der Waals surface area contributed by atoms with Crippen molar-refractivity contribution in [3.05, 3.63) is 33.3 Å². The molecule has 4 atom stereocenters. The minimum Gasteiger partial charge on any atom is -0.463 e. The van der Waals surface area contributed by atoms with Crippen molar-refractivity contribution in [2.45, 2.75) is 39.6 Å². The lowest BCUT2D eigenvalue weighted by Gasteiger charge is -2.38. The lowest BCUT2D eigenvalue weighted by molar-refractivity contribution is -0.384. The Kier molecular flexibility index (Phi) is 6.01. The molecule has 1 aromatic carbocycles. The number of rotatable bonds is 5. The van der Waals surface area contributed by atoms with Gasteiger partial charge in [-0.1, -0.05) is 25.4 Å². The molecule has 24 heavy (non-hydrogen) atoms. The van der Waals surface area contributed by atoms with Crippen LogP contribution in [0, 0.1) is 22.0 Å². The SMILES string of the molecule is CC(=O)OCC1O[C@@H](Oc2ccc([N+](=O)[O-])cc2Cl)C[C@@H](C)[C@@H]1C. The van der Waals surface area contributed by atoms with Crippen LogP contribution in [0.25, 0.3) is 0 Å². The van der Waals surface area contributed by atoms with Gasteiger partial charge in [-0.2, -0.15) is 0 Å². The second-order valence-electron chi connectivity index (χ2n) is 5.97. The Balaban J connectivity index is 2.06. The third-order valence-corrected chi connectivity index (χ3v) is 4.51. The van der Waals surface area contributed by atoms with E-state index in [1.165, 1.54) is 25.1 Å². The predicted molar refractivity (Wildman–Crippen MR) is 87.0 cm³/mol. The molecule has 2 rings (SSSR count). The summed E-state index contributed by atoms with van der Waals surface area (Å²) in [5, 5.41) is 10.9. The number of ether oxygens (including phenoxy) is 3. The zero-order valence-electron chi connectivity index (χ0n) is 13.7. The highest BCUT2D eigenvalue weighted by Gasteiger charge is 2.35. The molecule has 0 bridgehead atoms. The molecule has 1 aliphatic rings. The van der Waals surface area contributed by atoms with Crippen LogP contribution >= 0.6 is 11.6 Å². The van der Waals surface area contributed by atoms with Crippen LogP contribution < -0.4 is 4.74 Å². The fraction of sp³-hybridized carbons (Fsp3) is 0.562. The number of nitro benzene ring substituents is 1. The van der Waals surface area contributed by atoms with E-state index in [2.05, 4.69) is 6.92 Å².